The summed E-state index contributed by atoms with van der Waals surface area (Å²) < 4.78 is 19.9. The molecule has 3 aromatic rings. The van der Waals surface area contributed by atoms with Gasteiger partial charge in [-0.15, -0.1) is 0 Å². The molecular weight excluding hydrogens is 937 g/mol. The zero-order chi connectivity index (χ0) is 53.5. The van der Waals surface area contributed by atoms with Gasteiger partial charge in [-0.05, 0) is 129 Å². The molecule has 2 saturated heterocycles. The van der Waals surface area contributed by atoms with Crippen LogP contribution < -0.4 is 10.6 Å². The summed E-state index contributed by atoms with van der Waals surface area (Å²) in [4.78, 5) is 99.3. The number of fused-ring (bicyclic) bond motifs is 1. The Kier molecular flexibility index (Phi) is 24.7. The lowest BCUT2D eigenvalue weighted by atomic mass is 9.84. The molecule has 0 unspecified atom stereocenters. The second-order valence-corrected chi connectivity index (χ2v) is 18.6. The summed E-state index contributed by atoms with van der Waals surface area (Å²) in [7, 11) is 0. The molecule has 6 rings (SSSR count). The fourth-order valence-electron chi connectivity index (χ4n) is 9.40. The summed E-state index contributed by atoms with van der Waals surface area (Å²) in [6.07, 6.45) is 7.17. The van der Waals surface area contributed by atoms with Crippen molar-refractivity contribution in [1.82, 2.24) is 20.4 Å². The lowest BCUT2D eigenvalue weighted by Gasteiger charge is -2.35. The average molecular weight is 1010 g/mol. The number of hydrogen-bond donors (Lipinski definition) is 3. The smallest absolute Gasteiger partial charge is 0.419 e. The van der Waals surface area contributed by atoms with E-state index < -0.39 is 60.3 Å². The lowest BCUT2D eigenvalue weighted by molar-refractivity contribution is -0.152. The molecule has 17 nitrogen and oxygen atoms in total. The van der Waals surface area contributed by atoms with Crippen LogP contribution in [0.2, 0.25) is 0 Å². The van der Waals surface area contributed by atoms with Crippen LogP contribution in [0.3, 0.4) is 0 Å². The van der Waals surface area contributed by atoms with Crippen LogP contribution in [0.5, 0.6) is 0 Å². The van der Waals surface area contributed by atoms with Crippen molar-refractivity contribution >= 4 is 47.6 Å². The van der Waals surface area contributed by atoms with Gasteiger partial charge in [0.15, 0.2) is 0 Å². The number of esters is 4. The number of carbonyl (C=O) groups is 8. The number of aliphatic carboxylic acids is 1. The van der Waals surface area contributed by atoms with Gasteiger partial charge in [-0.25, -0.2) is 19.2 Å². The number of nitrogens with zero attached hydrogens (tertiary/aromatic N) is 2. The molecule has 73 heavy (non-hydrogen) atoms. The van der Waals surface area contributed by atoms with Crippen molar-refractivity contribution in [1.29, 1.82) is 0 Å². The molecule has 3 aromatic carbocycles. The second-order valence-electron chi connectivity index (χ2n) is 18.6. The zero-order valence-electron chi connectivity index (χ0n) is 43.5. The van der Waals surface area contributed by atoms with Crippen LogP contribution in [0.15, 0.2) is 91.0 Å². The number of Topliss-reactive ketones (excluding diaryl/α,β-unsaturated/α-hetero) is 1. The fraction of sp³-hybridized carbons (Fsp3) is 0.536. The van der Waals surface area contributed by atoms with Crippen molar-refractivity contribution in [2.75, 3.05) is 19.8 Å². The lowest BCUT2D eigenvalue weighted by Crippen LogP contribution is -2.55. The molecule has 1 saturated carbocycles. The number of cyclic esters (lactones) is 2. The van der Waals surface area contributed by atoms with E-state index in [-0.39, 0.29) is 54.8 Å². The number of nitrogens with one attached hydrogen (secondary N) is 2. The predicted molar refractivity (Wildman–Crippen MR) is 273 cm³/mol. The van der Waals surface area contributed by atoms with Gasteiger partial charge in [0.05, 0.1) is 31.9 Å². The molecule has 3 fully saturated rings. The van der Waals surface area contributed by atoms with E-state index in [9.17, 15) is 43.5 Å². The van der Waals surface area contributed by atoms with E-state index in [1.807, 2.05) is 91.0 Å². The zero-order valence-corrected chi connectivity index (χ0v) is 43.5. The van der Waals surface area contributed by atoms with Crippen LogP contribution in [0.4, 0.5) is 4.79 Å². The summed E-state index contributed by atoms with van der Waals surface area (Å²) in [6.45, 7) is 12.6. The highest BCUT2D eigenvalue weighted by Crippen LogP contribution is 2.40. The molecule has 398 valence electrons. The molecule has 2 heterocycles. The van der Waals surface area contributed by atoms with Crippen molar-refractivity contribution in [3.63, 3.8) is 0 Å². The molecule has 0 aromatic heterocycles. The van der Waals surface area contributed by atoms with Crippen molar-refractivity contribution in [3.05, 3.63) is 108 Å². The standard InChI is InChI=1S/C24H34N2O5.C16H19NO5.C16H23NO3/c1-3-31-24(30)19(14-13-17-9-5-4-6-10-17)25-16(2)22(27)26-20-12-8-7-11-18(20)15-21(26)23(28)29;1-3-21-15(19)13(10-9-12-7-5-4-6-8-12)17-11(2)14(18)22-16(17)20;1-4-20-16(19)15(17-12(2)13(3)18)11-10-14-8-6-5-7-9-14/h4-6,9-10,16,18-21,25H,3,7-8,11-15H2,1-2H3,(H,28,29);4-8,11,13H,3,9-10H2,1-2H3;5-9,12,15,17H,4,10-11H2,1-3H3/t16-,18+,19-,20-,21-;11-,13-;12-,15-/m000/s1. The Morgan fingerprint density at radius 2 is 1.10 bits per heavy atom. The van der Waals surface area contributed by atoms with E-state index in [0.29, 0.717) is 45.1 Å². The normalized spacial score (nSPS) is 20.0. The number of aryl methyl sites for hydroxylation is 3. The van der Waals surface area contributed by atoms with Crippen LogP contribution in [-0.2, 0) is 71.8 Å². The van der Waals surface area contributed by atoms with Crippen molar-refractivity contribution in [2.24, 2.45) is 5.92 Å². The topological polar surface area (TPSA) is 224 Å². The molecule has 9 atom stereocenters. The quantitative estimate of drug-likeness (QED) is 0.0504. The first-order chi connectivity index (χ1) is 35.0. The summed E-state index contributed by atoms with van der Waals surface area (Å²) >= 11 is 0. The Bertz CT molecular complexity index is 2250. The minimum Gasteiger partial charge on any atom is -0.480 e. The molecule has 17 heteroatoms. The van der Waals surface area contributed by atoms with Gasteiger partial charge in [-0.1, -0.05) is 104 Å². The number of rotatable bonds is 23. The van der Waals surface area contributed by atoms with E-state index in [1.165, 1.54) is 17.4 Å². The van der Waals surface area contributed by atoms with E-state index >= 15 is 0 Å². The highest BCUT2D eigenvalue weighted by molar-refractivity contribution is 5.97. The molecule has 0 spiro atoms. The first-order valence-corrected chi connectivity index (χ1v) is 25.7. The predicted octanol–water partition coefficient (Wildman–Crippen LogP) is 6.81. The first kappa shape index (κ1) is 59.1. The molecule has 0 radical (unpaired) electrons. The fourth-order valence-corrected chi connectivity index (χ4v) is 9.40. The number of carboxylic acids is 1. The molecular formula is C56H76N4O13. The third-order valence-corrected chi connectivity index (χ3v) is 13.4. The second kappa shape index (κ2) is 30.5. The molecule has 0 bridgehead atoms. The number of likely N-dealkylation sites (tertiary alicyclic amines) is 1. The number of hydrogen-bond acceptors (Lipinski definition) is 14. The number of ether oxygens (including phenoxy) is 4. The van der Waals surface area contributed by atoms with Crippen LogP contribution in [-0.4, -0.2) is 131 Å². The number of carboxylic acid groups (broad SMARTS) is 1. The van der Waals surface area contributed by atoms with Gasteiger partial charge in [-0.3, -0.25) is 34.7 Å². The molecule has 3 N–H and O–H groups in total. The summed E-state index contributed by atoms with van der Waals surface area (Å²) in [6, 6.07) is 24.9. The Morgan fingerprint density at radius 1 is 0.658 bits per heavy atom. The highest BCUT2D eigenvalue weighted by Gasteiger charge is 2.49. The maximum atomic E-state index is 13.4. The van der Waals surface area contributed by atoms with Crippen LogP contribution in [0.1, 0.15) is 117 Å². The number of carbonyl (C=O) groups excluding carboxylic acids is 7. The molecule has 3 aliphatic rings. The summed E-state index contributed by atoms with van der Waals surface area (Å²) in [5.41, 5.74) is 3.32. The minimum atomic E-state index is -0.944. The van der Waals surface area contributed by atoms with E-state index in [4.69, 9.17) is 14.2 Å². The largest absolute Gasteiger partial charge is 0.480 e. The molecule has 2 amide bonds. The SMILES string of the molecule is CCOC(=O)[C@H](CCc1ccccc1)N1C(=O)OC(=O)[C@@H]1C.CCOC(=O)[C@H](CCc1ccccc1)N[C@@H](C)C(=O)N1[C@H](C(=O)O)C[C@H]2CCCC[C@@H]21.CCOC(=O)[C@H](CCc1ccccc1)N[C@@H](C)C(C)=O. The van der Waals surface area contributed by atoms with Crippen LogP contribution in [0, 0.1) is 5.92 Å². The van der Waals surface area contributed by atoms with Gasteiger partial charge < -0.3 is 29.0 Å². The number of ketones is 1. The Morgan fingerprint density at radius 3 is 1.52 bits per heavy atom. The molecule has 1 aliphatic carbocycles. The minimum absolute atomic E-state index is 0.0130. The summed E-state index contributed by atoms with van der Waals surface area (Å²) in [5.74, 6) is -2.75. The maximum Gasteiger partial charge on any atom is 0.419 e. The van der Waals surface area contributed by atoms with Crippen LogP contribution >= 0.6 is 0 Å². The van der Waals surface area contributed by atoms with E-state index in [2.05, 4.69) is 15.4 Å². The van der Waals surface area contributed by atoms with Gasteiger partial charge in [0.1, 0.15) is 36.0 Å². The Labute approximate surface area is 430 Å². The van der Waals surface area contributed by atoms with E-state index in [1.54, 1.807) is 46.4 Å². The summed E-state index contributed by atoms with van der Waals surface area (Å²) in [5, 5.41) is 15.9. The van der Waals surface area contributed by atoms with Gasteiger partial charge in [0.25, 0.3) is 0 Å². The van der Waals surface area contributed by atoms with Gasteiger partial charge in [0.2, 0.25) is 5.91 Å². The van der Waals surface area contributed by atoms with E-state index in [0.717, 1.165) is 43.2 Å². The third-order valence-electron chi connectivity index (χ3n) is 13.4. The first-order valence-electron chi connectivity index (χ1n) is 25.7. The highest BCUT2D eigenvalue weighted by atomic mass is 16.6. The van der Waals surface area contributed by atoms with Gasteiger partial charge in [0, 0.05) is 6.04 Å². The number of benzene rings is 3. The molecule has 2 aliphatic heterocycles. The maximum absolute atomic E-state index is 13.4. The third kappa shape index (κ3) is 18.2. The van der Waals surface area contributed by atoms with Gasteiger partial charge in [-0.2, -0.15) is 0 Å². The van der Waals surface area contributed by atoms with Crippen molar-refractivity contribution < 1.29 is 62.4 Å². The van der Waals surface area contributed by atoms with Gasteiger partial charge >= 0.3 is 35.9 Å². The average Bonchev–Trinajstić information content (AvgIpc) is 3.90. The van der Waals surface area contributed by atoms with Crippen molar-refractivity contribution in [2.45, 2.75) is 167 Å². The monoisotopic (exact) mass is 1010 g/mol. The Hall–Kier alpha value is -6.46. The van der Waals surface area contributed by atoms with Crippen molar-refractivity contribution in [3.8, 4) is 0 Å². The van der Waals surface area contributed by atoms with Crippen LogP contribution in [0.25, 0.3) is 0 Å². The number of amides is 2. The Balaban J connectivity index is 0.000000245.